The highest BCUT2D eigenvalue weighted by Crippen LogP contribution is 2.24. The van der Waals surface area contributed by atoms with Crippen LogP contribution in [0, 0.1) is 0 Å². The van der Waals surface area contributed by atoms with E-state index < -0.39 is 6.04 Å². The molecule has 2 aliphatic rings. The first-order valence-electron chi connectivity index (χ1n) is 6.70. The number of methoxy groups -OCH3 is 1. The van der Waals surface area contributed by atoms with Crippen LogP contribution in [0.2, 0.25) is 0 Å². The number of urea groups is 1. The topological polar surface area (TPSA) is 70.7 Å². The molecule has 1 aromatic rings. The fourth-order valence-electron chi connectivity index (χ4n) is 2.22. The molecule has 2 fully saturated rings. The quantitative estimate of drug-likeness (QED) is 0.856. The molecule has 3 rings (SSSR count). The molecule has 3 amide bonds. The van der Waals surface area contributed by atoms with Crippen LogP contribution in [-0.2, 0) is 4.79 Å². The number of nitrogens with zero attached hydrogens (tertiary/aromatic N) is 1. The van der Waals surface area contributed by atoms with Crippen molar-refractivity contribution in [2.75, 3.05) is 18.6 Å². The lowest BCUT2D eigenvalue weighted by Gasteiger charge is -2.15. The van der Waals surface area contributed by atoms with Crippen molar-refractivity contribution >= 4 is 17.6 Å². The maximum absolute atomic E-state index is 12.0. The Morgan fingerprint density at radius 2 is 2.25 bits per heavy atom. The van der Waals surface area contributed by atoms with Gasteiger partial charge in [0.15, 0.2) is 0 Å². The van der Waals surface area contributed by atoms with Crippen molar-refractivity contribution in [2.24, 2.45) is 0 Å². The Kier molecular flexibility index (Phi) is 3.22. The summed E-state index contributed by atoms with van der Waals surface area (Å²) in [7, 11) is 1.58. The predicted octanol–water partition coefficient (Wildman–Crippen LogP) is 0.872. The first-order chi connectivity index (χ1) is 9.67. The van der Waals surface area contributed by atoms with Crippen LogP contribution in [0.15, 0.2) is 24.3 Å². The lowest BCUT2D eigenvalue weighted by Crippen LogP contribution is -2.43. The first-order valence-corrected chi connectivity index (χ1v) is 6.70. The molecule has 0 spiro atoms. The summed E-state index contributed by atoms with van der Waals surface area (Å²) in [4.78, 5) is 25.5. The zero-order chi connectivity index (χ0) is 14.1. The summed E-state index contributed by atoms with van der Waals surface area (Å²) < 4.78 is 5.15. The second-order valence-electron chi connectivity index (χ2n) is 5.10. The number of rotatable bonds is 4. The number of ether oxygens (including phenoxy) is 1. The molecule has 1 aliphatic heterocycles. The van der Waals surface area contributed by atoms with Gasteiger partial charge in [-0.2, -0.15) is 0 Å². The van der Waals surface area contributed by atoms with Crippen LogP contribution in [-0.4, -0.2) is 37.7 Å². The highest BCUT2D eigenvalue weighted by molar-refractivity contribution is 6.00. The van der Waals surface area contributed by atoms with Crippen LogP contribution < -0.4 is 20.3 Å². The van der Waals surface area contributed by atoms with E-state index in [1.165, 1.54) is 0 Å². The molecule has 0 radical (unpaired) electrons. The van der Waals surface area contributed by atoms with Gasteiger partial charge in [0.2, 0.25) is 5.91 Å². The van der Waals surface area contributed by atoms with E-state index in [0.717, 1.165) is 18.5 Å². The standard InChI is InChI=1S/C14H17N3O3/c1-20-11-4-2-3-10(7-11)17-8-12(16-14(17)19)13(18)15-9-5-6-9/h2-4,7,9,12H,5-6,8H2,1H3,(H,15,18)(H,16,19). The average molecular weight is 275 g/mol. The van der Waals surface area contributed by atoms with E-state index in [-0.39, 0.29) is 11.9 Å². The first kappa shape index (κ1) is 12.8. The highest BCUT2D eigenvalue weighted by atomic mass is 16.5. The zero-order valence-electron chi connectivity index (χ0n) is 11.3. The maximum Gasteiger partial charge on any atom is 0.322 e. The number of nitrogens with one attached hydrogen (secondary N) is 2. The van der Waals surface area contributed by atoms with Gasteiger partial charge >= 0.3 is 6.03 Å². The summed E-state index contributed by atoms with van der Waals surface area (Å²) in [5.41, 5.74) is 0.726. The summed E-state index contributed by atoms with van der Waals surface area (Å²) in [6, 6.07) is 6.78. The van der Waals surface area contributed by atoms with Gasteiger partial charge in [0.05, 0.1) is 13.7 Å². The van der Waals surface area contributed by atoms with Crippen molar-refractivity contribution in [3.05, 3.63) is 24.3 Å². The van der Waals surface area contributed by atoms with Crippen LogP contribution in [0.25, 0.3) is 0 Å². The Hall–Kier alpha value is -2.24. The van der Waals surface area contributed by atoms with Crippen molar-refractivity contribution in [2.45, 2.75) is 24.9 Å². The largest absolute Gasteiger partial charge is 0.497 e. The van der Waals surface area contributed by atoms with E-state index in [2.05, 4.69) is 10.6 Å². The van der Waals surface area contributed by atoms with Gasteiger partial charge in [-0.1, -0.05) is 6.07 Å². The Labute approximate surface area is 117 Å². The molecule has 6 heteroatoms. The lowest BCUT2D eigenvalue weighted by atomic mass is 10.2. The minimum atomic E-state index is -0.491. The maximum atomic E-state index is 12.0. The number of carbonyl (C=O) groups excluding carboxylic acids is 2. The Morgan fingerprint density at radius 3 is 2.95 bits per heavy atom. The minimum Gasteiger partial charge on any atom is -0.497 e. The van der Waals surface area contributed by atoms with Gasteiger partial charge in [-0.05, 0) is 25.0 Å². The monoisotopic (exact) mass is 275 g/mol. The van der Waals surface area contributed by atoms with Crippen LogP contribution in [0.5, 0.6) is 5.75 Å². The number of benzene rings is 1. The normalized spacial score (nSPS) is 21.6. The molecule has 0 aromatic heterocycles. The SMILES string of the molecule is COc1cccc(N2CC(C(=O)NC3CC3)NC2=O)c1. The molecule has 106 valence electrons. The van der Waals surface area contributed by atoms with Crippen molar-refractivity contribution in [1.82, 2.24) is 10.6 Å². The summed E-state index contributed by atoms with van der Waals surface area (Å²) >= 11 is 0. The molecule has 20 heavy (non-hydrogen) atoms. The van der Waals surface area contributed by atoms with Crippen LogP contribution in [0.3, 0.4) is 0 Å². The van der Waals surface area contributed by atoms with Crippen LogP contribution in [0.1, 0.15) is 12.8 Å². The van der Waals surface area contributed by atoms with Gasteiger partial charge in [0, 0.05) is 17.8 Å². The third-order valence-electron chi connectivity index (χ3n) is 3.51. The fraction of sp³-hybridized carbons (Fsp3) is 0.429. The Balaban J connectivity index is 1.70. The Bertz CT molecular complexity index is 542. The molecule has 1 unspecified atom stereocenters. The fourth-order valence-corrected chi connectivity index (χ4v) is 2.22. The third-order valence-corrected chi connectivity index (χ3v) is 3.51. The molecule has 2 N–H and O–H groups in total. The Morgan fingerprint density at radius 1 is 1.45 bits per heavy atom. The van der Waals surface area contributed by atoms with Crippen molar-refractivity contribution in [3.8, 4) is 5.75 Å². The number of carbonyl (C=O) groups is 2. The molecule has 1 aromatic carbocycles. The van der Waals surface area contributed by atoms with E-state index in [1.54, 1.807) is 18.1 Å². The smallest absolute Gasteiger partial charge is 0.322 e. The minimum absolute atomic E-state index is 0.105. The number of hydrogen-bond acceptors (Lipinski definition) is 3. The zero-order valence-corrected chi connectivity index (χ0v) is 11.3. The highest BCUT2D eigenvalue weighted by Gasteiger charge is 2.36. The molecule has 0 bridgehead atoms. The second kappa shape index (κ2) is 5.03. The van der Waals surface area contributed by atoms with E-state index in [0.29, 0.717) is 18.3 Å². The van der Waals surface area contributed by atoms with Gasteiger partial charge in [-0.25, -0.2) is 4.79 Å². The molecule has 6 nitrogen and oxygen atoms in total. The molecule has 1 atom stereocenters. The number of hydrogen-bond donors (Lipinski definition) is 2. The van der Waals surface area contributed by atoms with Gasteiger partial charge in [0.1, 0.15) is 11.8 Å². The summed E-state index contributed by atoms with van der Waals surface area (Å²) in [5, 5.41) is 5.61. The molecular weight excluding hydrogens is 258 g/mol. The second-order valence-corrected chi connectivity index (χ2v) is 5.10. The molecular formula is C14H17N3O3. The van der Waals surface area contributed by atoms with E-state index in [4.69, 9.17) is 4.74 Å². The van der Waals surface area contributed by atoms with Crippen molar-refractivity contribution in [1.29, 1.82) is 0 Å². The molecule has 1 heterocycles. The number of amides is 3. The van der Waals surface area contributed by atoms with Gasteiger partial charge in [0.25, 0.3) is 0 Å². The third kappa shape index (κ3) is 2.54. The summed E-state index contributed by atoms with van der Waals surface area (Å²) in [6.45, 7) is 0.338. The molecule has 1 saturated heterocycles. The molecule has 1 aliphatic carbocycles. The lowest BCUT2D eigenvalue weighted by molar-refractivity contribution is -0.122. The number of anilines is 1. The van der Waals surface area contributed by atoms with E-state index >= 15 is 0 Å². The summed E-state index contributed by atoms with van der Waals surface area (Å²) in [6.07, 6.45) is 2.07. The van der Waals surface area contributed by atoms with E-state index in [9.17, 15) is 9.59 Å². The van der Waals surface area contributed by atoms with E-state index in [1.807, 2.05) is 18.2 Å². The average Bonchev–Trinajstić information content (AvgIpc) is 3.18. The molecule has 1 saturated carbocycles. The summed E-state index contributed by atoms with van der Waals surface area (Å²) in [5.74, 6) is 0.576. The van der Waals surface area contributed by atoms with Crippen molar-refractivity contribution < 1.29 is 14.3 Å². The van der Waals surface area contributed by atoms with Gasteiger partial charge in [-0.3, -0.25) is 9.69 Å². The van der Waals surface area contributed by atoms with Gasteiger partial charge < -0.3 is 15.4 Å². The van der Waals surface area contributed by atoms with Crippen LogP contribution in [0.4, 0.5) is 10.5 Å². The van der Waals surface area contributed by atoms with Crippen LogP contribution >= 0.6 is 0 Å². The van der Waals surface area contributed by atoms with Gasteiger partial charge in [-0.15, -0.1) is 0 Å². The van der Waals surface area contributed by atoms with Crippen molar-refractivity contribution in [3.63, 3.8) is 0 Å². The predicted molar refractivity (Wildman–Crippen MR) is 73.8 cm³/mol.